The van der Waals surface area contributed by atoms with E-state index in [1.54, 1.807) is 24.3 Å². The fourth-order valence-electron chi connectivity index (χ4n) is 5.11. The lowest BCUT2D eigenvalue weighted by Gasteiger charge is -2.61. The number of fused-ring (bicyclic) bond motifs is 1. The fourth-order valence-corrected chi connectivity index (χ4v) is 5.74. The third-order valence-corrected chi connectivity index (χ3v) is 8.08. The van der Waals surface area contributed by atoms with Crippen LogP contribution in [-0.4, -0.2) is 50.8 Å². The Balaban J connectivity index is 0.00000280. The zero-order valence-corrected chi connectivity index (χ0v) is 20.5. The minimum Gasteiger partial charge on any atom is -0.370 e. The summed E-state index contributed by atoms with van der Waals surface area (Å²) in [6.45, 7) is 3.89. The third-order valence-electron chi connectivity index (χ3n) is 6.95. The molecule has 9 heteroatoms. The highest BCUT2D eigenvalue weighted by atomic mass is 32.2. The molecule has 2 aromatic heterocycles. The van der Waals surface area contributed by atoms with Gasteiger partial charge in [0.25, 0.3) is 0 Å². The molecule has 0 atom stereocenters. The number of nitrogens with one attached hydrogen (secondary N) is 1. The number of rotatable bonds is 5. The quantitative estimate of drug-likeness (QED) is 0.436. The van der Waals surface area contributed by atoms with Crippen LogP contribution < -0.4 is 15.1 Å². The summed E-state index contributed by atoms with van der Waals surface area (Å²) in [7, 11) is -3.23. The van der Waals surface area contributed by atoms with Gasteiger partial charge in [-0.1, -0.05) is 0 Å². The highest BCUT2D eigenvalue weighted by Gasteiger charge is 2.52. The molecule has 0 aliphatic carbocycles. The summed E-state index contributed by atoms with van der Waals surface area (Å²) < 4.78 is 23.4. The van der Waals surface area contributed by atoms with Gasteiger partial charge in [0.15, 0.2) is 9.84 Å². The summed E-state index contributed by atoms with van der Waals surface area (Å²) in [6.07, 6.45) is 4.85. The molecule has 1 spiro atoms. The number of sulfone groups is 1. The van der Waals surface area contributed by atoms with Gasteiger partial charge in [0.05, 0.1) is 16.5 Å². The van der Waals surface area contributed by atoms with Crippen molar-refractivity contribution in [1.82, 2.24) is 9.97 Å². The van der Waals surface area contributed by atoms with E-state index in [0.717, 1.165) is 54.1 Å². The Morgan fingerprint density at radius 2 is 1.67 bits per heavy atom. The van der Waals surface area contributed by atoms with Gasteiger partial charge in [-0.2, -0.15) is 5.26 Å². The van der Waals surface area contributed by atoms with E-state index >= 15 is 0 Å². The van der Waals surface area contributed by atoms with Gasteiger partial charge >= 0.3 is 0 Å². The first kappa shape index (κ1) is 22.3. The Morgan fingerprint density at radius 3 is 2.33 bits per heavy atom. The van der Waals surface area contributed by atoms with Crippen molar-refractivity contribution >= 4 is 43.6 Å². The van der Waals surface area contributed by atoms with Gasteiger partial charge in [-0.3, -0.25) is 0 Å². The summed E-state index contributed by atoms with van der Waals surface area (Å²) in [5, 5.41) is 14.3. The molecule has 0 radical (unpaired) electrons. The van der Waals surface area contributed by atoms with Crippen LogP contribution in [0.15, 0.2) is 78.0 Å². The van der Waals surface area contributed by atoms with Gasteiger partial charge in [0.1, 0.15) is 11.6 Å². The lowest BCUT2D eigenvalue weighted by atomic mass is 9.72. The number of anilines is 4. The molecule has 0 unspecified atom stereocenters. The maximum Gasteiger partial charge on any atom is 0.175 e. The lowest BCUT2D eigenvalue weighted by Crippen LogP contribution is -2.72. The molecular weight excluding hydrogens is 472 g/mol. The summed E-state index contributed by atoms with van der Waals surface area (Å²) >= 11 is 0. The second-order valence-electron chi connectivity index (χ2n) is 9.72. The van der Waals surface area contributed by atoms with Crippen molar-refractivity contribution < 1.29 is 9.84 Å². The van der Waals surface area contributed by atoms with Gasteiger partial charge in [-0.15, -0.1) is 0 Å². The van der Waals surface area contributed by atoms with Crippen LogP contribution in [0.1, 0.15) is 6.99 Å². The maximum atomic E-state index is 11.7. The van der Waals surface area contributed by atoms with E-state index in [9.17, 15) is 8.42 Å². The molecule has 2 aliphatic heterocycles. The summed E-state index contributed by atoms with van der Waals surface area (Å²) in [5.41, 5.74) is 2.88. The predicted octanol–water partition coefficient (Wildman–Crippen LogP) is 4.22. The molecule has 1 N–H and O–H groups in total. The molecule has 4 heterocycles. The Labute approximate surface area is 211 Å². The molecule has 0 amide bonds. The van der Waals surface area contributed by atoms with Crippen LogP contribution in [0.2, 0.25) is 0 Å². The molecule has 2 aliphatic rings. The van der Waals surface area contributed by atoms with Crippen LogP contribution in [0.5, 0.6) is 0 Å². The van der Waals surface area contributed by atoms with E-state index in [4.69, 9.17) is 10.2 Å². The van der Waals surface area contributed by atoms with Crippen molar-refractivity contribution in [1.29, 1.82) is 5.26 Å². The number of benzene rings is 2. The standard InChI is InChI=1S/C27H24N6O2S.H2/c1-36(34,35)23-8-4-21(5-9-23)31-25-12-24-20(14-30-25)10-11-29-26(24)33-17-27(18-33)15-32(16-27)22-6-2-19(13-28)3-7-22;/h2-12,14H,15-18H2,1H3,(H,30,31);1H. The van der Waals surface area contributed by atoms with Crippen LogP contribution in [0.25, 0.3) is 10.8 Å². The highest BCUT2D eigenvalue weighted by molar-refractivity contribution is 7.90. The fraction of sp³-hybridized carbons (Fsp3) is 0.222. The van der Waals surface area contributed by atoms with Crippen LogP contribution in [0.4, 0.5) is 23.0 Å². The molecule has 36 heavy (non-hydrogen) atoms. The lowest BCUT2D eigenvalue weighted by molar-refractivity contribution is 0.156. The smallest absolute Gasteiger partial charge is 0.175 e. The molecule has 2 fully saturated rings. The van der Waals surface area contributed by atoms with Gasteiger partial charge in [-0.05, 0) is 60.7 Å². The highest BCUT2D eigenvalue weighted by Crippen LogP contribution is 2.44. The summed E-state index contributed by atoms with van der Waals surface area (Å²) in [4.78, 5) is 14.2. The minimum absolute atomic E-state index is 0. The summed E-state index contributed by atoms with van der Waals surface area (Å²) in [6, 6.07) is 20.6. The second kappa shape index (κ2) is 8.21. The summed E-state index contributed by atoms with van der Waals surface area (Å²) in [5.74, 6) is 1.63. The normalized spacial score (nSPS) is 16.3. The third kappa shape index (κ3) is 3.99. The SMILES string of the molecule is CS(=O)(=O)c1ccc(Nc2cc3c(N4CC5(CN(c6ccc(C#N)cc6)C5)C4)nccc3cn2)cc1.[HH]. The van der Waals surface area contributed by atoms with Crippen LogP contribution in [0.3, 0.4) is 0 Å². The van der Waals surface area contributed by atoms with E-state index in [2.05, 4.69) is 26.2 Å². The van der Waals surface area contributed by atoms with Crippen LogP contribution in [-0.2, 0) is 9.84 Å². The van der Waals surface area contributed by atoms with Crippen molar-refractivity contribution in [2.45, 2.75) is 4.90 Å². The molecular formula is C27H26N6O2S. The van der Waals surface area contributed by atoms with Gasteiger partial charge in [0.2, 0.25) is 0 Å². The second-order valence-corrected chi connectivity index (χ2v) is 11.7. The molecule has 0 bridgehead atoms. The van der Waals surface area contributed by atoms with E-state index in [1.165, 1.54) is 6.26 Å². The topological polar surface area (TPSA) is 102 Å². The van der Waals surface area contributed by atoms with Gasteiger partial charge < -0.3 is 15.1 Å². The zero-order chi connectivity index (χ0) is 24.9. The van der Waals surface area contributed by atoms with Crippen molar-refractivity contribution in [3.63, 3.8) is 0 Å². The van der Waals surface area contributed by atoms with Crippen LogP contribution in [0, 0.1) is 16.7 Å². The largest absolute Gasteiger partial charge is 0.370 e. The molecule has 2 aromatic carbocycles. The first-order chi connectivity index (χ1) is 17.3. The number of hydrogen-bond donors (Lipinski definition) is 1. The maximum absolute atomic E-state index is 11.7. The van der Waals surface area contributed by atoms with Gasteiger partial charge in [0, 0.05) is 73.8 Å². The number of nitriles is 1. The van der Waals surface area contributed by atoms with E-state index in [1.807, 2.05) is 48.8 Å². The van der Waals surface area contributed by atoms with E-state index in [-0.39, 0.29) is 11.7 Å². The molecule has 6 rings (SSSR count). The molecule has 8 nitrogen and oxygen atoms in total. The van der Waals surface area contributed by atoms with Crippen molar-refractivity contribution in [3.8, 4) is 6.07 Å². The average molecular weight is 499 g/mol. The Kier molecular flexibility index (Phi) is 5.09. The first-order valence-corrected chi connectivity index (χ1v) is 13.5. The van der Waals surface area contributed by atoms with E-state index in [0.29, 0.717) is 11.4 Å². The number of nitrogens with zero attached hydrogens (tertiary/aromatic N) is 5. The Bertz CT molecular complexity index is 1600. The molecule has 0 saturated carbocycles. The molecule has 4 aromatic rings. The number of aromatic nitrogens is 2. The van der Waals surface area contributed by atoms with Gasteiger partial charge in [-0.25, -0.2) is 18.4 Å². The Hall–Kier alpha value is -4.16. The number of hydrogen-bond acceptors (Lipinski definition) is 8. The average Bonchev–Trinajstić information content (AvgIpc) is 2.82. The van der Waals surface area contributed by atoms with Crippen molar-refractivity contribution in [2.75, 3.05) is 47.6 Å². The zero-order valence-electron chi connectivity index (χ0n) is 19.7. The van der Waals surface area contributed by atoms with Crippen molar-refractivity contribution in [3.05, 3.63) is 78.6 Å². The molecule has 2 saturated heterocycles. The van der Waals surface area contributed by atoms with E-state index < -0.39 is 9.84 Å². The number of pyridine rings is 2. The Morgan fingerprint density at radius 1 is 0.972 bits per heavy atom. The predicted molar refractivity (Wildman–Crippen MR) is 143 cm³/mol. The monoisotopic (exact) mass is 498 g/mol. The van der Waals surface area contributed by atoms with Crippen molar-refractivity contribution in [2.24, 2.45) is 5.41 Å². The minimum atomic E-state index is -3.23. The van der Waals surface area contributed by atoms with Crippen LogP contribution >= 0.6 is 0 Å². The first-order valence-electron chi connectivity index (χ1n) is 11.6. The molecule has 182 valence electrons.